The summed E-state index contributed by atoms with van der Waals surface area (Å²) in [5.74, 6) is 0.308. The van der Waals surface area contributed by atoms with Crippen LogP contribution in [0.5, 0.6) is 5.88 Å². The van der Waals surface area contributed by atoms with Crippen LogP contribution in [0.1, 0.15) is 125 Å². The number of hydrogen-bond acceptors (Lipinski definition) is 13. The van der Waals surface area contributed by atoms with E-state index in [-0.39, 0.29) is 40.3 Å². The number of fused-ring (bicyclic) bond motifs is 3. The van der Waals surface area contributed by atoms with Gasteiger partial charge in [0.1, 0.15) is 23.1 Å². The maximum Gasteiger partial charge on any atom is 0.293 e. The van der Waals surface area contributed by atoms with Crippen molar-refractivity contribution < 1.29 is 32.3 Å². The molecule has 16 nitrogen and oxygen atoms in total. The van der Waals surface area contributed by atoms with Gasteiger partial charge in [-0.1, -0.05) is 38.1 Å². The predicted octanol–water partition coefficient (Wildman–Crippen LogP) is 9.99. The van der Waals surface area contributed by atoms with Gasteiger partial charge in [0.05, 0.1) is 45.9 Å². The third kappa shape index (κ3) is 9.19. The maximum atomic E-state index is 14.7. The standard InChI is InChI=1S/C55H68N8O8S/c1-35(2)41-8-5-6-9-42(41)45-10-7-24-61(45)39-31-55(32-39)21-25-60(26-22-55)38-11-13-43(46(29-38)62-48-28-37-17-23-56-51(37)58-53(48)71-50-18-27-70-34-49(50)62)52(64)59-72(67,68)40-12-14-44(47(30-40)63(65)66)57-33-36-15-19-54(3,69-4)20-16-36/h5-6,8-9,11-14,17,23,28-30,35-36,39,45,49-50,57H,7,10,15-16,18-22,24-27,31-34H2,1-4H3,(H,56,58)(H,59,64)/t36?,45-,49-,50+,54?/m0/s1. The molecule has 4 aliphatic heterocycles. The highest BCUT2D eigenvalue weighted by Gasteiger charge is 2.50. The number of aromatic nitrogens is 2. The van der Waals surface area contributed by atoms with Crippen LogP contribution in [0.2, 0.25) is 0 Å². The number of amides is 1. The first-order valence-electron chi connectivity index (χ1n) is 26.1. The van der Waals surface area contributed by atoms with Gasteiger partial charge in [-0.05, 0) is 149 Å². The topological polar surface area (TPSA) is 184 Å². The van der Waals surface area contributed by atoms with Gasteiger partial charge in [-0.2, -0.15) is 4.98 Å². The molecule has 0 unspecified atom stereocenters. The lowest BCUT2D eigenvalue weighted by molar-refractivity contribution is -0.384. The average Bonchev–Trinajstić information content (AvgIpc) is 4.06. The Morgan fingerprint density at radius 3 is 2.53 bits per heavy atom. The van der Waals surface area contributed by atoms with Crippen LogP contribution in [0.15, 0.2) is 83.9 Å². The number of nitrogens with one attached hydrogen (secondary N) is 3. The van der Waals surface area contributed by atoms with Crippen LogP contribution >= 0.6 is 0 Å². The number of nitro benzene ring substituents is 1. The molecule has 6 heterocycles. The Balaban J connectivity index is 0.858. The fourth-order valence-corrected chi connectivity index (χ4v) is 13.9. The summed E-state index contributed by atoms with van der Waals surface area (Å²) in [5.41, 5.74) is 5.75. The first kappa shape index (κ1) is 48.5. The molecule has 11 rings (SSSR count). The summed E-state index contributed by atoms with van der Waals surface area (Å²) in [7, 11) is -2.88. The van der Waals surface area contributed by atoms with Gasteiger partial charge in [0.15, 0.2) is 0 Å². The molecule has 3 saturated heterocycles. The number of H-pyrrole nitrogens is 1. The summed E-state index contributed by atoms with van der Waals surface area (Å²) in [4.78, 5) is 41.5. The van der Waals surface area contributed by atoms with E-state index in [0.717, 1.165) is 75.3 Å². The Hall–Kier alpha value is -5.75. The van der Waals surface area contributed by atoms with Gasteiger partial charge in [-0.15, -0.1) is 0 Å². The van der Waals surface area contributed by atoms with Crippen LogP contribution in [-0.2, 0) is 19.5 Å². The largest absolute Gasteiger partial charge is 0.470 e. The Labute approximate surface area is 422 Å². The molecule has 5 fully saturated rings. The summed E-state index contributed by atoms with van der Waals surface area (Å²) in [5, 5.41) is 16.5. The number of benzene rings is 3. The van der Waals surface area contributed by atoms with Crippen molar-refractivity contribution in [3.63, 3.8) is 0 Å². The molecule has 17 heteroatoms. The van der Waals surface area contributed by atoms with Gasteiger partial charge in [0.25, 0.3) is 21.6 Å². The summed E-state index contributed by atoms with van der Waals surface area (Å²) >= 11 is 0. The normalized spacial score (nSPS) is 25.5. The minimum atomic E-state index is -4.60. The number of nitro groups is 1. The second kappa shape index (κ2) is 19.3. The van der Waals surface area contributed by atoms with Crippen LogP contribution in [0.25, 0.3) is 11.0 Å². The van der Waals surface area contributed by atoms with Crippen molar-refractivity contribution in [2.45, 2.75) is 132 Å². The molecular formula is C55H68N8O8S. The number of carbonyl (C=O) groups excluding carboxylic acids is 1. The fourth-order valence-electron chi connectivity index (χ4n) is 12.9. The zero-order valence-corrected chi connectivity index (χ0v) is 42.7. The number of likely N-dealkylation sites (tertiary alicyclic amines) is 1. The highest BCUT2D eigenvalue weighted by molar-refractivity contribution is 7.90. The third-order valence-corrected chi connectivity index (χ3v) is 18.6. The summed E-state index contributed by atoms with van der Waals surface area (Å²) in [6.07, 6.45) is 12.6. The van der Waals surface area contributed by atoms with E-state index in [0.29, 0.717) is 67.1 Å². The number of rotatable bonds is 13. The van der Waals surface area contributed by atoms with E-state index < -0.39 is 31.4 Å². The molecule has 3 N–H and O–H groups in total. The molecule has 382 valence electrons. The van der Waals surface area contributed by atoms with Crippen molar-refractivity contribution in [1.29, 1.82) is 0 Å². The Kier molecular flexibility index (Phi) is 13.0. The first-order chi connectivity index (χ1) is 34.7. The zero-order chi connectivity index (χ0) is 49.9. The van der Waals surface area contributed by atoms with E-state index in [1.807, 2.05) is 35.4 Å². The number of sulfonamides is 1. The monoisotopic (exact) mass is 1000 g/mol. The molecule has 6 aliphatic rings. The molecule has 2 saturated carbocycles. The first-order valence-corrected chi connectivity index (χ1v) is 27.6. The molecule has 72 heavy (non-hydrogen) atoms. The molecular weight excluding hydrogens is 933 g/mol. The minimum Gasteiger partial charge on any atom is -0.470 e. The Morgan fingerprint density at radius 2 is 1.76 bits per heavy atom. The molecule has 1 amide bonds. The van der Waals surface area contributed by atoms with Crippen LogP contribution in [0.4, 0.5) is 28.4 Å². The van der Waals surface area contributed by atoms with E-state index in [1.165, 1.54) is 48.9 Å². The van der Waals surface area contributed by atoms with E-state index in [4.69, 9.17) is 19.2 Å². The number of pyridine rings is 1. The lowest BCUT2D eigenvalue weighted by Crippen LogP contribution is -2.55. The van der Waals surface area contributed by atoms with Crippen LogP contribution in [-0.4, -0.2) is 104 Å². The summed E-state index contributed by atoms with van der Waals surface area (Å²) in [6.45, 7) is 10.8. The highest BCUT2D eigenvalue weighted by atomic mass is 32.2. The van der Waals surface area contributed by atoms with Crippen molar-refractivity contribution in [3.05, 3.63) is 106 Å². The molecule has 2 aliphatic carbocycles. The Bertz CT molecular complexity index is 2960. The highest BCUT2D eigenvalue weighted by Crippen LogP contribution is 2.55. The van der Waals surface area contributed by atoms with E-state index in [9.17, 15) is 23.3 Å². The molecule has 0 bridgehead atoms. The third-order valence-electron chi connectivity index (χ3n) is 17.3. The van der Waals surface area contributed by atoms with Gasteiger partial charge in [0.2, 0.25) is 5.88 Å². The van der Waals surface area contributed by atoms with Crippen molar-refractivity contribution in [2.24, 2.45) is 11.3 Å². The van der Waals surface area contributed by atoms with E-state index in [2.05, 4.69) is 69.9 Å². The minimum absolute atomic E-state index is 0.119. The number of nitrogens with zero attached hydrogens (tertiary/aromatic N) is 5. The van der Waals surface area contributed by atoms with Gasteiger partial charge in [-0.3, -0.25) is 19.8 Å². The second-order valence-corrected chi connectivity index (χ2v) is 23.6. The lowest BCUT2D eigenvalue weighted by Gasteiger charge is -2.56. The lowest BCUT2D eigenvalue weighted by atomic mass is 9.59. The predicted molar refractivity (Wildman–Crippen MR) is 278 cm³/mol. The van der Waals surface area contributed by atoms with Crippen LogP contribution in [0.3, 0.4) is 0 Å². The van der Waals surface area contributed by atoms with Crippen molar-refractivity contribution >= 4 is 55.4 Å². The van der Waals surface area contributed by atoms with Gasteiger partial charge in [-0.25, -0.2) is 13.1 Å². The fraction of sp³-hybridized carbons (Fsp3) is 0.527. The van der Waals surface area contributed by atoms with Gasteiger partial charge in [0, 0.05) is 68.6 Å². The number of piperidine rings is 1. The van der Waals surface area contributed by atoms with E-state index >= 15 is 0 Å². The molecule has 2 aromatic heterocycles. The molecule has 3 aromatic carbocycles. The number of ether oxygens (including phenoxy) is 3. The number of carbonyl (C=O) groups is 1. The maximum absolute atomic E-state index is 14.7. The Morgan fingerprint density at radius 1 is 0.972 bits per heavy atom. The second-order valence-electron chi connectivity index (χ2n) is 22.0. The number of methoxy groups -OCH3 is 1. The van der Waals surface area contributed by atoms with E-state index in [1.54, 1.807) is 13.2 Å². The van der Waals surface area contributed by atoms with Crippen molar-refractivity contribution in [3.8, 4) is 5.88 Å². The van der Waals surface area contributed by atoms with Crippen molar-refractivity contribution in [1.82, 2.24) is 19.6 Å². The average molecular weight is 1000 g/mol. The molecule has 5 aromatic rings. The summed E-state index contributed by atoms with van der Waals surface area (Å²) in [6, 6.07) is 23.0. The molecule has 1 spiro atoms. The van der Waals surface area contributed by atoms with Gasteiger partial charge < -0.3 is 34.3 Å². The van der Waals surface area contributed by atoms with Crippen LogP contribution < -0.4 is 24.6 Å². The quantitative estimate of drug-likeness (QED) is 0.0749. The number of hydrogen-bond donors (Lipinski definition) is 3. The molecule has 3 atom stereocenters. The SMILES string of the molecule is COC1(C)CCC(CNc2ccc(S(=O)(=O)NC(=O)c3ccc(N4CCC5(CC4)CC(N4CCC[C@H]4c4ccccc4C(C)C)C5)cc3N3c4cc5cc[nH]c5nc4O[C@@H]4CCOC[C@@H]43)cc2[N+](=O)[O-])CC1. The number of aromatic amines is 1. The number of anilines is 4. The summed E-state index contributed by atoms with van der Waals surface area (Å²) < 4.78 is 49.0. The smallest absolute Gasteiger partial charge is 0.293 e. The van der Waals surface area contributed by atoms with Crippen molar-refractivity contribution in [2.75, 3.05) is 61.6 Å². The van der Waals surface area contributed by atoms with Crippen LogP contribution in [0, 0.1) is 21.4 Å². The van der Waals surface area contributed by atoms with Gasteiger partial charge >= 0.3 is 0 Å². The molecule has 0 radical (unpaired) electrons. The zero-order valence-electron chi connectivity index (χ0n) is 41.9.